The van der Waals surface area contributed by atoms with E-state index in [0.717, 1.165) is 5.69 Å². The first-order valence-electron chi connectivity index (χ1n) is 8.35. The van der Waals surface area contributed by atoms with E-state index in [9.17, 15) is 4.79 Å². The van der Waals surface area contributed by atoms with Crippen LogP contribution in [-0.2, 0) is 4.79 Å². The molecule has 0 radical (unpaired) electrons. The van der Waals surface area contributed by atoms with E-state index in [1.807, 2.05) is 35.7 Å². The molecule has 2 fully saturated rings. The van der Waals surface area contributed by atoms with Gasteiger partial charge in [-0.2, -0.15) is 0 Å². The molecule has 3 atom stereocenters. The van der Waals surface area contributed by atoms with Crippen molar-refractivity contribution < 1.29 is 4.79 Å². The van der Waals surface area contributed by atoms with Crippen molar-refractivity contribution in [2.45, 2.75) is 41.8 Å². The van der Waals surface area contributed by atoms with Crippen LogP contribution >= 0.6 is 39.5 Å². The number of carbonyl (C=O) groups is 1. The summed E-state index contributed by atoms with van der Waals surface area (Å²) in [7, 11) is 0. The monoisotopic (exact) mass is 429 g/mol. The normalized spacial score (nSPS) is 28.2. The van der Waals surface area contributed by atoms with Gasteiger partial charge in [-0.25, -0.2) is 5.43 Å². The topological polar surface area (TPSA) is 53.2 Å². The molecule has 0 spiro atoms. The fourth-order valence-corrected chi connectivity index (χ4v) is 6.95. The van der Waals surface area contributed by atoms with Gasteiger partial charge in [0.2, 0.25) is 5.91 Å². The zero-order valence-electron chi connectivity index (χ0n) is 13.9. The second-order valence-corrected chi connectivity index (χ2v) is 10.3. The molecule has 2 heterocycles. The summed E-state index contributed by atoms with van der Waals surface area (Å²) in [5.41, 5.74) is 8.50. The fraction of sp³-hybridized carbons (Fsp3) is 0.588. The number of rotatable bonds is 4. The molecule has 0 saturated carbocycles. The number of amides is 1. The lowest BCUT2D eigenvalue weighted by atomic mass is 9.99. The number of thioether (sulfide) groups is 2. The van der Waals surface area contributed by atoms with Crippen molar-refractivity contribution in [3.05, 3.63) is 29.8 Å². The highest BCUT2D eigenvalue weighted by molar-refractivity contribution is 9.09. The maximum atomic E-state index is 12.6. The number of carbonyl (C=O) groups excluding carboxylic acids is 1. The Kier molecular flexibility index (Phi) is 6.54. The Morgan fingerprint density at radius 1 is 1.29 bits per heavy atom. The van der Waals surface area contributed by atoms with Crippen LogP contribution in [0.4, 0.5) is 5.69 Å². The average molecular weight is 430 g/mol. The molecular weight excluding hydrogens is 406 g/mol. The van der Waals surface area contributed by atoms with Crippen molar-refractivity contribution in [1.29, 1.82) is 0 Å². The van der Waals surface area contributed by atoms with Crippen LogP contribution in [0.25, 0.3) is 0 Å². The van der Waals surface area contributed by atoms with E-state index in [4.69, 9.17) is 0 Å². The van der Waals surface area contributed by atoms with Crippen LogP contribution < -0.4 is 16.2 Å². The summed E-state index contributed by atoms with van der Waals surface area (Å²) >= 11 is 7.66. The van der Waals surface area contributed by atoms with E-state index < -0.39 is 0 Å². The van der Waals surface area contributed by atoms with Gasteiger partial charge in [0, 0.05) is 11.7 Å². The first-order chi connectivity index (χ1) is 11.6. The third-order valence-corrected chi connectivity index (χ3v) is 8.43. The minimum absolute atomic E-state index is 0.00590. The Morgan fingerprint density at radius 3 is 2.71 bits per heavy atom. The number of halogens is 1. The predicted molar refractivity (Wildman–Crippen MR) is 109 cm³/mol. The summed E-state index contributed by atoms with van der Waals surface area (Å²) in [6.07, 6.45) is 1.28. The molecule has 1 amide bonds. The quantitative estimate of drug-likeness (QED) is 0.636. The van der Waals surface area contributed by atoms with Gasteiger partial charge >= 0.3 is 0 Å². The Morgan fingerprint density at radius 2 is 2.04 bits per heavy atom. The molecule has 3 rings (SSSR count). The molecule has 24 heavy (non-hydrogen) atoms. The standard InChI is InChI=1S/C17H24BrN3OS2/c1-10(2)14-13(18)15(21-20-14)16(22)19-12-6-3-5-11(9-12)17-23-7-4-8-24-17/h3,5-6,9-10,13-15,17,20-21H,4,7-8H2,1-2H3,(H,19,22). The van der Waals surface area contributed by atoms with Gasteiger partial charge in [-0.05, 0) is 41.5 Å². The summed E-state index contributed by atoms with van der Waals surface area (Å²) in [5, 5.41) is 3.06. The van der Waals surface area contributed by atoms with Gasteiger partial charge in [0.25, 0.3) is 0 Å². The van der Waals surface area contributed by atoms with Crippen molar-refractivity contribution in [1.82, 2.24) is 10.9 Å². The lowest BCUT2D eigenvalue weighted by Crippen LogP contribution is -2.42. The minimum atomic E-state index is -0.278. The van der Waals surface area contributed by atoms with Crippen LogP contribution in [0.5, 0.6) is 0 Å². The second-order valence-electron chi connectivity index (χ2n) is 6.52. The van der Waals surface area contributed by atoms with Crippen molar-refractivity contribution in [2.75, 3.05) is 16.8 Å². The van der Waals surface area contributed by atoms with Crippen molar-refractivity contribution in [3.8, 4) is 0 Å². The lowest BCUT2D eigenvalue weighted by Gasteiger charge is -2.22. The first kappa shape index (κ1) is 18.6. The molecule has 7 heteroatoms. The highest BCUT2D eigenvalue weighted by Gasteiger charge is 2.39. The molecule has 1 aromatic rings. The number of alkyl halides is 1. The van der Waals surface area contributed by atoms with Crippen LogP contribution in [0, 0.1) is 5.92 Å². The highest BCUT2D eigenvalue weighted by Crippen LogP contribution is 2.44. The fourth-order valence-electron chi connectivity index (χ4n) is 2.96. The zero-order chi connectivity index (χ0) is 17.1. The molecule has 0 aromatic heterocycles. The van der Waals surface area contributed by atoms with Gasteiger partial charge < -0.3 is 5.32 Å². The van der Waals surface area contributed by atoms with Gasteiger partial charge in [0.05, 0.1) is 9.41 Å². The number of anilines is 1. The average Bonchev–Trinajstić information content (AvgIpc) is 2.98. The lowest BCUT2D eigenvalue weighted by molar-refractivity contribution is -0.117. The molecule has 4 nitrogen and oxygen atoms in total. The largest absolute Gasteiger partial charge is 0.325 e. The third-order valence-electron chi connectivity index (χ3n) is 4.32. The van der Waals surface area contributed by atoms with Gasteiger partial charge in [0.1, 0.15) is 6.04 Å². The SMILES string of the molecule is CC(C)C1NNC(C(=O)Nc2cccc(C3SCCCS3)c2)C1Br. The van der Waals surface area contributed by atoms with E-state index in [1.165, 1.54) is 23.5 Å². The number of benzene rings is 1. The molecule has 1 aromatic carbocycles. The van der Waals surface area contributed by atoms with Gasteiger partial charge in [-0.3, -0.25) is 10.2 Å². The van der Waals surface area contributed by atoms with Crippen molar-refractivity contribution in [2.24, 2.45) is 5.92 Å². The molecule has 3 unspecified atom stereocenters. The molecular formula is C17H24BrN3OS2. The van der Waals surface area contributed by atoms with Crippen molar-refractivity contribution in [3.63, 3.8) is 0 Å². The molecule has 132 valence electrons. The van der Waals surface area contributed by atoms with Crippen LogP contribution in [0.2, 0.25) is 0 Å². The molecule has 0 aliphatic carbocycles. The number of hydrazine groups is 1. The predicted octanol–water partition coefficient (Wildman–Crippen LogP) is 3.76. The van der Waals surface area contributed by atoms with Crippen LogP contribution in [-0.4, -0.2) is 34.3 Å². The van der Waals surface area contributed by atoms with Gasteiger partial charge in [-0.15, -0.1) is 23.5 Å². The van der Waals surface area contributed by atoms with E-state index in [1.54, 1.807) is 0 Å². The Hall–Kier alpha value is -0.210. The number of hydrogen-bond donors (Lipinski definition) is 3. The number of hydrogen-bond acceptors (Lipinski definition) is 5. The number of nitrogens with one attached hydrogen (secondary N) is 3. The Bertz CT molecular complexity index is 581. The van der Waals surface area contributed by atoms with Crippen LogP contribution in [0.3, 0.4) is 0 Å². The summed E-state index contributed by atoms with van der Waals surface area (Å²) in [4.78, 5) is 12.7. The molecule has 2 aliphatic heterocycles. The third kappa shape index (κ3) is 4.30. The summed E-state index contributed by atoms with van der Waals surface area (Å²) < 4.78 is 0.483. The van der Waals surface area contributed by atoms with Gasteiger partial charge in [0.15, 0.2) is 0 Å². The van der Waals surface area contributed by atoms with Crippen molar-refractivity contribution >= 4 is 51.0 Å². The second kappa shape index (κ2) is 8.45. The maximum Gasteiger partial charge on any atom is 0.244 e. The van der Waals surface area contributed by atoms with E-state index in [2.05, 4.69) is 58.1 Å². The summed E-state index contributed by atoms with van der Waals surface area (Å²) in [6.45, 7) is 4.30. The van der Waals surface area contributed by atoms with Crippen LogP contribution in [0.1, 0.15) is 30.4 Å². The van der Waals surface area contributed by atoms with E-state index in [-0.39, 0.29) is 22.8 Å². The summed E-state index contributed by atoms with van der Waals surface area (Å²) in [6, 6.07) is 8.22. The Balaban J connectivity index is 1.64. The molecule has 2 aliphatic rings. The molecule has 2 saturated heterocycles. The molecule has 3 N–H and O–H groups in total. The minimum Gasteiger partial charge on any atom is -0.325 e. The van der Waals surface area contributed by atoms with Crippen LogP contribution in [0.15, 0.2) is 24.3 Å². The Labute approximate surface area is 160 Å². The maximum absolute atomic E-state index is 12.6. The highest BCUT2D eigenvalue weighted by atomic mass is 79.9. The van der Waals surface area contributed by atoms with E-state index in [0.29, 0.717) is 10.5 Å². The summed E-state index contributed by atoms with van der Waals surface area (Å²) in [5.74, 6) is 2.87. The molecule has 0 bridgehead atoms. The zero-order valence-corrected chi connectivity index (χ0v) is 17.1. The first-order valence-corrected chi connectivity index (χ1v) is 11.4. The smallest absolute Gasteiger partial charge is 0.244 e. The van der Waals surface area contributed by atoms with E-state index >= 15 is 0 Å². The van der Waals surface area contributed by atoms with Gasteiger partial charge in [-0.1, -0.05) is 41.9 Å².